The van der Waals surface area contributed by atoms with Crippen LogP contribution in [-0.4, -0.2) is 53.6 Å². The Morgan fingerprint density at radius 3 is 2.73 bits per heavy atom. The number of rotatable bonds is 4. The third-order valence-electron chi connectivity index (χ3n) is 6.41. The van der Waals surface area contributed by atoms with Crippen molar-refractivity contribution in [1.29, 1.82) is 0 Å². The van der Waals surface area contributed by atoms with E-state index in [4.69, 9.17) is 14.7 Å². The van der Waals surface area contributed by atoms with Gasteiger partial charge in [-0.3, -0.25) is 4.79 Å². The monoisotopic (exact) mass is 410 g/mol. The van der Waals surface area contributed by atoms with Gasteiger partial charge in [0.05, 0.1) is 25.5 Å². The Bertz CT molecular complexity index is 941. The first-order chi connectivity index (χ1) is 14.7. The zero-order chi connectivity index (χ0) is 20.5. The van der Waals surface area contributed by atoms with E-state index in [2.05, 4.69) is 4.90 Å². The molecule has 0 spiro atoms. The molecule has 0 unspecified atom stereocenters. The lowest BCUT2D eigenvalue weighted by Gasteiger charge is -2.37. The molecule has 0 N–H and O–H groups in total. The van der Waals surface area contributed by atoms with Crippen molar-refractivity contribution in [2.75, 3.05) is 37.7 Å². The Kier molecular flexibility index (Phi) is 5.37. The normalized spacial score (nSPS) is 19.4. The summed E-state index contributed by atoms with van der Waals surface area (Å²) in [7, 11) is 0. The molecule has 2 fully saturated rings. The first kappa shape index (κ1) is 19.4. The number of amides is 1. The molecule has 0 radical (unpaired) electrons. The quantitative estimate of drug-likeness (QED) is 0.776. The number of ether oxygens (including phenoxy) is 1. The molecule has 5 rings (SSSR count). The van der Waals surface area contributed by atoms with Crippen molar-refractivity contribution < 1.29 is 13.9 Å². The zero-order valence-corrected chi connectivity index (χ0v) is 17.1. The number of anilines is 1. The van der Waals surface area contributed by atoms with Crippen molar-refractivity contribution in [1.82, 2.24) is 14.9 Å². The van der Waals surface area contributed by atoms with Gasteiger partial charge in [0.2, 0.25) is 5.91 Å². The van der Waals surface area contributed by atoms with Crippen LogP contribution in [0.25, 0.3) is 0 Å². The van der Waals surface area contributed by atoms with E-state index in [0.717, 1.165) is 61.4 Å². The molecule has 0 atom stereocenters. The van der Waals surface area contributed by atoms with Crippen LogP contribution in [-0.2, 0) is 28.9 Å². The fourth-order valence-corrected chi connectivity index (χ4v) is 4.49. The molecule has 2 aliphatic heterocycles. The summed E-state index contributed by atoms with van der Waals surface area (Å²) in [5.41, 5.74) is 2.95. The van der Waals surface area contributed by atoms with Gasteiger partial charge in [0.25, 0.3) is 0 Å². The van der Waals surface area contributed by atoms with Crippen LogP contribution in [0.2, 0.25) is 0 Å². The topological polar surface area (TPSA) is 58.6 Å². The van der Waals surface area contributed by atoms with Crippen molar-refractivity contribution in [2.24, 2.45) is 5.92 Å². The van der Waals surface area contributed by atoms with Crippen molar-refractivity contribution in [3.63, 3.8) is 0 Å². The van der Waals surface area contributed by atoms with Gasteiger partial charge in [0, 0.05) is 44.0 Å². The molecule has 3 heterocycles. The maximum atomic E-state index is 13.6. The predicted octanol–water partition coefficient (Wildman–Crippen LogP) is 2.73. The number of benzene rings is 1. The van der Waals surface area contributed by atoms with Crippen LogP contribution < -0.4 is 4.90 Å². The number of aromatic nitrogens is 2. The highest BCUT2D eigenvalue weighted by Gasteiger charge is 2.33. The van der Waals surface area contributed by atoms with Gasteiger partial charge in [-0.05, 0) is 30.5 Å². The minimum Gasteiger partial charge on any atom is -0.378 e. The largest absolute Gasteiger partial charge is 0.378 e. The Morgan fingerprint density at radius 1 is 1.17 bits per heavy atom. The van der Waals surface area contributed by atoms with Crippen LogP contribution in [0.5, 0.6) is 0 Å². The predicted molar refractivity (Wildman–Crippen MR) is 111 cm³/mol. The first-order valence-corrected chi connectivity index (χ1v) is 10.9. The summed E-state index contributed by atoms with van der Waals surface area (Å²) in [5, 5.41) is 0. The first-order valence-electron chi connectivity index (χ1n) is 10.9. The third kappa shape index (κ3) is 3.90. The van der Waals surface area contributed by atoms with Crippen LogP contribution >= 0.6 is 0 Å². The van der Waals surface area contributed by atoms with Crippen molar-refractivity contribution in [3.05, 3.63) is 52.7 Å². The average molecular weight is 410 g/mol. The minimum atomic E-state index is -0.246. The molecular weight excluding hydrogens is 383 g/mol. The van der Waals surface area contributed by atoms with E-state index in [9.17, 15) is 9.18 Å². The maximum Gasteiger partial charge on any atom is 0.225 e. The zero-order valence-electron chi connectivity index (χ0n) is 17.1. The molecule has 1 aromatic carbocycles. The van der Waals surface area contributed by atoms with E-state index >= 15 is 0 Å². The molecule has 6 nitrogen and oxygen atoms in total. The van der Waals surface area contributed by atoms with Crippen molar-refractivity contribution in [3.8, 4) is 0 Å². The highest BCUT2D eigenvalue weighted by molar-refractivity contribution is 5.80. The number of carbonyl (C=O) groups excluding carboxylic acids is 1. The summed E-state index contributed by atoms with van der Waals surface area (Å²) >= 11 is 0. The number of hydrogen-bond acceptors (Lipinski definition) is 5. The van der Waals surface area contributed by atoms with Gasteiger partial charge in [-0.1, -0.05) is 18.6 Å². The van der Waals surface area contributed by atoms with Gasteiger partial charge >= 0.3 is 0 Å². The van der Waals surface area contributed by atoms with E-state index in [-0.39, 0.29) is 17.6 Å². The number of halogens is 1. The van der Waals surface area contributed by atoms with Gasteiger partial charge in [-0.15, -0.1) is 0 Å². The number of hydrogen-bond donors (Lipinski definition) is 0. The summed E-state index contributed by atoms with van der Waals surface area (Å²) in [6.07, 6.45) is 4.42. The number of nitrogens with zero attached hydrogens (tertiary/aromatic N) is 4. The van der Waals surface area contributed by atoms with E-state index < -0.39 is 0 Å². The van der Waals surface area contributed by atoms with Gasteiger partial charge < -0.3 is 14.5 Å². The number of carbonyl (C=O) groups is 1. The van der Waals surface area contributed by atoms with Crippen molar-refractivity contribution >= 4 is 11.7 Å². The standard InChI is InChI=1S/C23H27FN4O2/c24-18-6-1-3-16(13-18)14-21-25-20-7-8-28(23(29)17-4-2-5-17)15-19(20)22(26-21)27-9-11-30-12-10-27/h1,3,6,13,17H,2,4-5,7-12,14-15H2. The fraction of sp³-hybridized carbons (Fsp3) is 0.522. The second-order valence-electron chi connectivity index (χ2n) is 8.43. The number of morpholine rings is 1. The molecule has 1 saturated heterocycles. The Labute approximate surface area is 176 Å². The Morgan fingerprint density at radius 2 is 2.00 bits per heavy atom. The molecule has 7 heteroatoms. The van der Waals surface area contributed by atoms with Crippen LogP contribution in [0.3, 0.4) is 0 Å². The molecule has 3 aliphatic rings. The Balaban J connectivity index is 1.46. The highest BCUT2D eigenvalue weighted by atomic mass is 19.1. The van der Waals surface area contributed by atoms with Crippen LogP contribution in [0.4, 0.5) is 10.2 Å². The van der Waals surface area contributed by atoms with E-state index in [1.807, 2.05) is 11.0 Å². The highest BCUT2D eigenvalue weighted by Crippen LogP contribution is 2.32. The van der Waals surface area contributed by atoms with E-state index in [1.54, 1.807) is 6.07 Å². The molecule has 158 valence electrons. The van der Waals surface area contributed by atoms with Crippen LogP contribution in [0, 0.1) is 11.7 Å². The lowest BCUT2D eigenvalue weighted by molar-refractivity contribution is -0.139. The smallest absolute Gasteiger partial charge is 0.225 e. The molecule has 1 aromatic heterocycles. The molecule has 0 bridgehead atoms. The summed E-state index contributed by atoms with van der Waals surface area (Å²) in [4.78, 5) is 26.8. The Hall–Kier alpha value is -2.54. The molecular formula is C23H27FN4O2. The summed E-state index contributed by atoms with van der Waals surface area (Å²) in [6, 6.07) is 6.61. The molecule has 1 saturated carbocycles. The molecule has 1 aliphatic carbocycles. The average Bonchev–Trinajstić information content (AvgIpc) is 2.72. The van der Waals surface area contributed by atoms with E-state index in [0.29, 0.717) is 38.5 Å². The third-order valence-corrected chi connectivity index (χ3v) is 6.41. The molecule has 30 heavy (non-hydrogen) atoms. The summed E-state index contributed by atoms with van der Waals surface area (Å²) in [6.45, 7) is 4.18. The lowest BCUT2D eigenvalue weighted by Crippen LogP contribution is -2.44. The van der Waals surface area contributed by atoms with Gasteiger partial charge in [-0.25, -0.2) is 14.4 Å². The van der Waals surface area contributed by atoms with Crippen LogP contribution in [0.1, 0.15) is 41.9 Å². The van der Waals surface area contributed by atoms with Crippen molar-refractivity contribution in [2.45, 2.75) is 38.6 Å². The van der Waals surface area contributed by atoms with Crippen LogP contribution in [0.15, 0.2) is 24.3 Å². The molecule has 1 amide bonds. The summed E-state index contributed by atoms with van der Waals surface area (Å²) < 4.78 is 19.2. The second-order valence-corrected chi connectivity index (χ2v) is 8.43. The summed E-state index contributed by atoms with van der Waals surface area (Å²) in [5.74, 6) is 1.86. The molecule has 2 aromatic rings. The lowest BCUT2D eigenvalue weighted by atomic mass is 9.84. The SMILES string of the molecule is O=C(C1CCC1)N1CCc2nc(Cc3cccc(F)c3)nc(N3CCOCC3)c2C1. The van der Waals surface area contributed by atoms with Gasteiger partial charge in [0.1, 0.15) is 17.5 Å². The minimum absolute atomic E-state index is 0.201. The second kappa shape index (κ2) is 8.30. The van der Waals surface area contributed by atoms with Gasteiger partial charge in [0.15, 0.2) is 0 Å². The fourth-order valence-electron chi connectivity index (χ4n) is 4.49. The maximum absolute atomic E-state index is 13.6. The van der Waals surface area contributed by atoms with E-state index in [1.165, 1.54) is 12.1 Å². The van der Waals surface area contributed by atoms with Gasteiger partial charge in [-0.2, -0.15) is 0 Å². The number of fused-ring (bicyclic) bond motifs is 1.